The Morgan fingerprint density at radius 1 is 1.29 bits per heavy atom. The molecule has 1 aromatic carbocycles. The summed E-state index contributed by atoms with van der Waals surface area (Å²) >= 11 is 0. The fourth-order valence-electron chi connectivity index (χ4n) is 1.91. The summed E-state index contributed by atoms with van der Waals surface area (Å²) in [6.45, 7) is 4.87. The van der Waals surface area contributed by atoms with Gasteiger partial charge in [-0.15, -0.1) is 0 Å². The van der Waals surface area contributed by atoms with Gasteiger partial charge in [0.15, 0.2) is 0 Å². The summed E-state index contributed by atoms with van der Waals surface area (Å²) in [4.78, 5) is 0. The van der Waals surface area contributed by atoms with Crippen molar-refractivity contribution in [1.82, 2.24) is 9.78 Å². The second kappa shape index (κ2) is 5.80. The van der Waals surface area contributed by atoms with E-state index in [0.29, 0.717) is 13.2 Å². The number of rotatable bonds is 6. The maximum Gasteiger partial charge on any atom is 0.0839 e. The van der Waals surface area contributed by atoms with Gasteiger partial charge in [-0.05, 0) is 12.5 Å². The molecule has 92 valence electrons. The largest absolute Gasteiger partial charge is 0.380 e. The molecule has 0 aliphatic rings. The van der Waals surface area contributed by atoms with Gasteiger partial charge in [-0.2, -0.15) is 5.10 Å². The number of hydrogen-bond acceptors (Lipinski definition) is 3. The van der Waals surface area contributed by atoms with Gasteiger partial charge in [0.25, 0.3) is 0 Å². The topological polar surface area (TPSA) is 53.1 Å². The van der Waals surface area contributed by atoms with E-state index >= 15 is 0 Å². The standard InChI is InChI=1S/C13H19N3O/c1-2-8-17-9-7-16-13-6-4-3-5-11(13)12(10-14)15-16/h3-6H,2,7-10,14H2,1H3. The molecular weight excluding hydrogens is 214 g/mol. The summed E-state index contributed by atoms with van der Waals surface area (Å²) in [5.74, 6) is 0. The molecule has 0 saturated carbocycles. The molecule has 0 bridgehead atoms. The molecule has 0 spiro atoms. The number of ether oxygens (including phenoxy) is 1. The van der Waals surface area contributed by atoms with Crippen LogP contribution in [0.4, 0.5) is 0 Å². The Morgan fingerprint density at radius 3 is 2.88 bits per heavy atom. The van der Waals surface area contributed by atoms with Crippen LogP contribution in [-0.4, -0.2) is 23.0 Å². The van der Waals surface area contributed by atoms with Crippen LogP contribution in [0.3, 0.4) is 0 Å². The third-order valence-corrected chi connectivity index (χ3v) is 2.72. The first kappa shape index (κ1) is 12.1. The van der Waals surface area contributed by atoms with Gasteiger partial charge < -0.3 is 10.5 Å². The van der Waals surface area contributed by atoms with Crippen molar-refractivity contribution in [3.63, 3.8) is 0 Å². The number of nitrogens with two attached hydrogens (primary N) is 1. The zero-order valence-corrected chi connectivity index (χ0v) is 10.2. The van der Waals surface area contributed by atoms with Gasteiger partial charge in [-0.25, -0.2) is 0 Å². The molecule has 0 saturated heterocycles. The quantitative estimate of drug-likeness (QED) is 0.775. The maximum atomic E-state index is 5.70. The third kappa shape index (κ3) is 2.65. The molecule has 2 N–H and O–H groups in total. The van der Waals surface area contributed by atoms with Gasteiger partial charge in [0.1, 0.15) is 0 Å². The average molecular weight is 233 g/mol. The van der Waals surface area contributed by atoms with E-state index < -0.39 is 0 Å². The predicted octanol–water partition coefficient (Wildman–Crippen LogP) is 1.92. The van der Waals surface area contributed by atoms with Crippen molar-refractivity contribution in [2.45, 2.75) is 26.4 Å². The van der Waals surface area contributed by atoms with Crippen LogP contribution in [0, 0.1) is 0 Å². The lowest BCUT2D eigenvalue weighted by Crippen LogP contribution is -2.08. The number of aromatic nitrogens is 2. The first-order valence-electron chi connectivity index (χ1n) is 6.09. The van der Waals surface area contributed by atoms with E-state index in [9.17, 15) is 0 Å². The SMILES string of the molecule is CCCOCCn1nc(CN)c2ccccc21. The Kier molecular flexibility index (Phi) is 4.12. The molecule has 2 rings (SSSR count). The van der Waals surface area contributed by atoms with Crippen molar-refractivity contribution in [1.29, 1.82) is 0 Å². The minimum absolute atomic E-state index is 0.476. The van der Waals surface area contributed by atoms with Gasteiger partial charge in [-0.3, -0.25) is 4.68 Å². The monoisotopic (exact) mass is 233 g/mol. The lowest BCUT2D eigenvalue weighted by Gasteiger charge is -2.04. The van der Waals surface area contributed by atoms with Gasteiger partial charge in [0.05, 0.1) is 24.4 Å². The van der Waals surface area contributed by atoms with Crippen molar-refractivity contribution in [2.24, 2.45) is 5.73 Å². The lowest BCUT2D eigenvalue weighted by molar-refractivity contribution is 0.125. The molecule has 1 heterocycles. The summed E-state index contributed by atoms with van der Waals surface area (Å²) in [6.07, 6.45) is 1.05. The van der Waals surface area contributed by atoms with E-state index in [-0.39, 0.29) is 0 Å². The van der Waals surface area contributed by atoms with Crippen molar-refractivity contribution in [3.8, 4) is 0 Å². The Bertz CT molecular complexity index is 478. The summed E-state index contributed by atoms with van der Waals surface area (Å²) in [7, 11) is 0. The number of hydrogen-bond donors (Lipinski definition) is 1. The first-order chi connectivity index (χ1) is 8.36. The smallest absolute Gasteiger partial charge is 0.0839 e. The summed E-state index contributed by atoms with van der Waals surface area (Å²) in [5.41, 5.74) is 7.79. The minimum atomic E-state index is 0.476. The van der Waals surface area contributed by atoms with Crippen molar-refractivity contribution in [2.75, 3.05) is 13.2 Å². The Balaban J connectivity index is 2.16. The zero-order valence-electron chi connectivity index (χ0n) is 10.2. The predicted molar refractivity (Wildman–Crippen MR) is 68.7 cm³/mol. The van der Waals surface area contributed by atoms with Crippen LogP contribution in [0.1, 0.15) is 19.0 Å². The second-order valence-corrected chi connectivity index (χ2v) is 4.00. The molecule has 0 aliphatic heterocycles. The molecule has 2 aromatic rings. The van der Waals surface area contributed by atoms with E-state index in [1.807, 2.05) is 16.8 Å². The molecule has 0 atom stereocenters. The highest BCUT2D eigenvalue weighted by Crippen LogP contribution is 2.17. The summed E-state index contributed by atoms with van der Waals surface area (Å²) < 4.78 is 7.47. The second-order valence-electron chi connectivity index (χ2n) is 4.00. The summed E-state index contributed by atoms with van der Waals surface area (Å²) in [6, 6.07) is 8.17. The van der Waals surface area contributed by atoms with Crippen molar-refractivity contribution >= 4 is 10.9 Å². The third-order valence-electron chi connectivity index (χ3n) is 2.72. The molecule has 17 heavy (non-hydrogen) atoms. The van der Waals surface area contributed by atoms with E-state index in [4.69, 9.17) is 10.5 Å². The van der Waals surface area contributed by atoms with Crippen LogP contribution < -0.4 is 5.73 Å². The zero-order chi connectivity index (χ0) is 12.1. The molecule has 0 amide bonds. The van der Waals surface area contributed by atoms with Gasteiger partial charge >= 0.3 is 0 Å². The molecular formula is C13H19N3O. The van der Waals surface area contributed by atoms with E-state index in [1.54, 1.807) is 0 Å². The number of para-hydroxylation sites is 1. The average Bonchev–Trinajstić information content (AvgIpc) is 2.73. The Hall–Kier alpha value is -1.39. The van der Waals surface area contributed by atoms with Crippen LogP contribution in [-0.2, 0) is 17.8 Å². The number of fused-ring (bicyclic) bond motifs is 1. The highest BCUT2D eigenvalue weighted by Gasteiger charge is 2.07. The van der Waals surface area contributed by atoms with Crippen molar-refractivity contribution < 1.29 is 4.74 Å². The molecule has 4 heteroatoms. The van der Waals surface area contributed by atoms with Crippen molar-refractivity contribution in [3.05, 3.63) is 30.0 Å². The summed E-state index contributed by atoms with van der Waals surface area (Å²) in [5, 5.41) is 5.66. The van der Waals surface area contributed by atoms with Gasteiger partial charge in [0.2, 0.25) is 0 Å². The maximum absolute atomic E-state index is 5.70. The highest BCUT2D eigenvalue weighted by atomic mass is 16.5. The molecule has 4 nitrogen and oxygen atoms in total. The van der Waals surface area contributed by atoms with E-state index in [0.717, 1.165) is 36.2 Å². The molecule has 0 radical (unpaired) electrons. The van der Waals surface area contributed by atoms with Gasteiger partial charge in [-0.1, -0.05) is 25.1 Å². The number of nitrogens with zero attached hydrogens (tertiary/aromatic N) is 2. The lowest BCUT2D eigenvalue weighted by atomic mass is 10.2. The fraction of sp³-hybridized carbons (Fsp3) is 0.462. The Labute approximate surface area is 101 Å². The fourth-order valence-corrected chi connectivity index (χ4v) is 1.91. The Morgan fingerprint density at radius 2 is 2.12 bits per heavy atom. The molecule has 0 unspecified atom stereocenters. The molecule has 0 fully saturated rings. The van der Waals surface area contributed by atoms with Crippen LogP contribution in [0.15, 0.2) is 24.3 Å². The highest BCUT2D eigenvalue weighted by molar-refractivity contribution is 5.81. The van der Waals surface area contributed by atoms with E-state index in [1.165, 1.54) is 0 Å². The van der Waals surface area contributed by atoms with Crippen LogP contribution in [0.2, 0.25) is 0 Å². The van der Waals surface area contributed by atoms with Crippen LogP contribution >= 0.6 is 0 Å². The normalized spacial score (nSPS) is 11.2. The first-order valence-corrected chi connectivity index (χ1v) is 6.09. The molecule has 1 aromatic heterocycles. The van der Waals surface area contributed by atoms with E-state index in [2.05, 4.69) is 24.2 Å². The van der Waals surface area contributed by atoms with Crippen LogP contribution in [0.25, 0.3) is 10.9 Å². The molecule has 0 aliphatic carbocycles. The number of benzene rings is 1. The van der Waals surface area contributed by atoms with Gasteiger partial charge in [0, 0.05) is 18.5 Å². The minimum Gasteiger partial charge on any atom is -0.380 e. The van der Waals surface area contributed by atoms with Crippen LogP contribution in [0.5, 0.6) is 0 Å².